The highest BCUT2D eigenvalue weighted by Gasteiger charge is 2.43. The normalized spacial score (nSPS) is 13.5. The molecule has 218 valence electrons. The Morgan fingerprint density at radius 2 is 1.19 bits per heavy atom. The molecular weight excluding hydrogens is 579 g/mol. The molecule has 2 aliphatic heterocycles. The first-order chi connectivity index (χ1) is 23.8. The van der Waals surface area contributed by atoms with Crippen molar-refractivity contribution in [3.8, 4) is 39.1 Å². The zero-order valence-corrected chi connectivity index (χ0v) is 26.2. The van der Waals surface area contributed by atoms with Crippen LogP contribution in [0.1, 0.15) is 5.56 Å². The third-order valence-electron chi connectivity index (χ3n) is 11.9. The molecule has 3 aliphatic rings. The average molecular weight is 605 g/mol. The molecule has 2 aromatic heterocycles. The van der Waals surface area contributed by atoms with E-state index < -0.39 is 0 Å². The average Bonchev–Trinajstić information content (AvgIpc) is 3.62. The number of fused-ring (bicyclic) bond motifs is 13. The molecule has 1 aliphatic carbocycles. The molecular formula is C45H25BN2. The van der Waals surface area contributed by atoms with Crippen LogP contribution in [0, 0.1) is 6.92 Å². The maximum atomic E-state index is 2.71. The first-order valence-corrected chi connectivity index (χ1v) is 17.0. The quantitative estimate of drug-likeness (QED) is 0.153. The second-order valence-corrected chi connectivity index (χ2v) is 14.0. The molecule has 0 N–H and O–H groups in total. The number of para-hydroxylation sites is 1. The van der Waals surface area contributed by atoms with Gasteiger partial charge in [0.05, 0.1) is 11.0 Å². The van der Waals surface area contributed by atoms with E-state index in [0.717, 1.165) is 0 Å². The van der Waals surface area contributed by atoms with Crippen LogP contribution < -0.4 is 10.9 Å². The zero-order valence-electron chi connectivity index (χ0n) is 26.2. The monoisotopic (exact) mass is 604 g/mol. The predicted molar refractivity (Wildman–Crippen MR) is 204 cm³/mol. The molecule has 3 heteroatoms. The number of benzene rings is 8. The summed E-state index contributed by atoms with van der Waals surface area (Å²) in [5.41, 5.74) is 18.8. The van der Waals surface area contributed by atoms with Gasteiger partial charge in [0.15, 0.2) is 0 Å². The molecule has 10 aromatic rings. The molecule has 0 saturated heterocycles. The summed E-state index contributed by atoms with van der Waals surface area (Å²) in [4.78, 5) is 0. The van der Waals surface area contributed by atoms with Crippen molar-refractivity contribution in [2.45, 2.75) is 6.92 Å². The number of rotatable bonds is 0. The van der Waals surface area contributed by atoms with Crippen molar-refractivity contribution in [2.75, 3.05) is 0 Å². The minimum absolute atomic E-state index is 0.0462. The van der Waals surface area contributed by atoms with Crippen molar-refractivity contribution in [3.63, 3.8) is 0 Å². The van der Waals surface area contributed by atoms with Crippen molar-refractivity contribution in [2.24, 2.45) is 0 Å². The van der Waals surface area contributed by atoms with Crippen LogP contribution in [0.4, 0.5) is 0 Å². The molecule has 0 fully saturated rings. The van der Waals surface area contributed by atoms with Crippen LogP contribution in [0.2, 0.25) is 0 Å². The van der Waals surface area contributed by atoms with E-state index in [4.69, 9.17) is 0 Å². The van der Waals surface area contributed by atoms with Crippen molar-refractivity contribution >= 4 is 82.9 Å². The van der Waals surface area contributed by atoms with Gasteiger partial charge in [-0.3, -0.25) is 0 Å². The maximum absolute atomic E-state index is 2.71. The number of aromatic nitrogens is 2. The minimum Gasteiger partial charge on any atom is -0.375 e. The van der Waals surface area contributed by atoms with Crippen molar-refractivity contribution in [1.82, 2.24) is 9.05 Å². The Bertz CT molecular complexity index is 3190. The summed E-state index contributed by atoms with van der Waals surface area (Å²) in [6.45, 7) is 2.35. The Hall–Kier alpha value is -6.06. The van der Waals surface area contributed by atoms with E-state index >= 15 is 0 Å². The number of nitrogens with zero attached hydrogens (tertiary/aromatic N) is 2. The molecule has 0 unspecified atom stereocenters. The van der Waals surface area contributed by atoms with Gasteiger partial charge in [-0.2, -0.15) is 0 Å². The highest BCUT2D eigenvalue weighted by Crippen LogP contribution is 2.51. The van der Waals surface area contributed by atoms with Gasteiger partial charge in [-0.1, -0.05) is 115 Å². The molecule has 0 atom stereocenters. The summed E-state index contributed by atoms with van der Waals surface area (Å²) >= 11 is 0. The van der Waals surface area contributed by atoms with E-state index in [1.807, 2.05) is 0 Å². The van der Waals surface area contributed by atoms with E-state index in [-0.39, 0.29) is 6.85 Å². The summed E-state index contributed by atoms with van der Waals surface area (Å²) in [6, 6.07) is 50.8. The second-order valence-electron chi connectivity index (χ2n) is 14.0. The van der Waals surface area contributed by atoms with Crippen LogP contribution >= 0.6 is 0 Å². The lowest BCUT2D eigenvalue weighted by molar-refractivity contribution is 1.17. The minimum atomic E-state index is 0.0462. The van der Waals surface area contributed by atoms with Gasteiger partial charge < -0.3 is 9.05 Å². The largest absolute Gasteiger partial charge is 0.375 e. The second kappa shape index (κ2) is 7.90. The Labute approximate surface area is 276 Å². The Balaban J connectivity index is 1.32. The highest BCUT2D eigenvalue weighted by molar-refractivity contribution is 6.90. The smallest absolute Gasteiger partial charge is 0.333 e. The van der Waals surface area contributed by atoms with Gasteiger partial charge in [0.25, 0.3) is 0 Å². The van der Waals surface area contributed by atoms with Crippen molar-refractivity contribution in [1.29, 1.82) is 0 Å². The third-order valence-corrected chi connectivity index (χ3v) is 11.9. The summed E-state index contributed by atoms with van der Waals surface area (Å²) in [6.07, 6.45) is 0. The lowest BCUT2D eigenvalue weighted by Gasteiger charge is -2.35. The summed E-state index contributed by atoms with van der Waals surface area (Å²) in [7, 11) is 0. The van der Waals surface area contributed by atoms with Crippen LogP contribution in [-0.4, -0.2) is 15.9 Å². The van der Waals surface area contributed by atoms with E-state index in [1.54, 1.807) is 0 Å². The lowest BCUT2D eigenvalue weighted by Crippen LogP contribution is -2.55. The van der Waals surface area contributed by atoms with E-state index in [0.29, 0.717) is 0 Å². The maximum Gasteiger partial charge on any atom is 0.333 e. The highest BCUT2D eigenvalue weighted by atomic mass is 15.0. The first kappa shape index (κ1) is 24.2. The first-order valence-electron chi connectivity index (χ1n) is 17.0. The topological polar surface area (TPSA) is 9.86 Å². The van der Waals surface area contributed by atoms with Gasteiger partial charge in [0, 0.05) is 43.8 Å². The van der Waals surface area contributed by atoms with Gasteiger partial charge in [-0.25, -0.2) is 0 Å². The standard InChI is InChI=1S/C45H25BN2/c1-24-19-21-37-43-38(24)32-16-7-17-33-40-27-11-3-2-9-25(27)20-22-36(40)48(44(32)33)46(43)34-23-26-10-6-14-30-28-12-4-5-13-29(28)31-15-8-18-35-41(31)42(39(26)30)45(34)47(35)37/h2-23H,1H3. The summed E-state index contributed by atoms with van der Waals surface area (Å²) < 4.78 is 5.33. The fourth-order valence-corrected chi connectivity index (χ4v) is 10.2. The fourth-order valence-electron chi connectivity index (χ4n) is 10.2. The molecule has 0 amide bonds. The van der Waals surface area contributed by atoms with Crippen LogP contribution in [0.25, 0.3) is 104 Å². The van der Waals surface area contributed by atoms with Gasteiger partial charge >= 0.3 is 6.85 Å². The Morgan fingerprint density at radius 3 is 2.08 bits per heavy atom. The van der Waals surface area contributed by atoms with Crippen LogP contribution in [-0.2, 0) is 0 Å². The number of hydrogen-bond donors (Lipinski definition) is 0. The van der Waals surface area contributed by atoms with Crippen LogP contribution in [0.15, 0.2) is 133 Å². The molecule has 4 heterocycles. The molecule has 0 saturated carbocycles. The molecule has 0 spiro atoms. The lowest BCUT2D eigenvalue weighted by atomic mass is 9.45. The molecule has 0 radical (unpaired) electrons. The van der Waals surface area contributed by atoms with Gasteiger partial charge in [0.2, 0.25) is 0 Å². The predicted octanol–water partition coefficient (Wildman–Crippen LogP) is 10.1. The van der Waals surface area contributed by atoms with Gasteiger partial charge in [0.1, 0.15) is 0 Å². The number of aryl methyl sites for hydroxylation is 1. The van der Waals surface area contributed by atoms with Gasteiger partial charge in [-0.15, -0.1) is 0 Å². The molecule has 0 bridgehead atoms. The Kier molecular flexibility index (Phi) is 3.98. The van der Waals surface area contributed by atoms with E-state index in [1.165, 1.54) is 121 Å². The molecule has 8 aromatic carbocycles. The van der Waals surface area contributed by atoms with E-state index in [2.05, 4.69) is 149 Å². The molecule has 13 rings (SSSR count). The van der Waals surface area contributed by atoms with Crippen molar-refractivity contribution in [3.05, 3.63) is 139 Å². The number of hydrogen-bond acceptors (Lipinski definition) is 0. The van der Waals surface area contributed by atoms with E-state index in [9.17, 15) is 0 Å². The van der Waals surface area contributed by atoms with Gasteiger partial charge in [-0.05, 0) is 91.0 Å². The Morgan fingerprint density at radius 1 is 0.479 bits per heavy atom. The SMILES string of the molecule is Cc1ccc2c3c1-c1cccc4c5c6ccccc6ccc5n(c14)B3c1cc3cccc4c3c3c5c(cccc5n-2c13)-c1ccccc1-4. The van der Waals surface area contributed by atoms with Crippen LogP contribution in [0.3, 0.4) is 0 Å². The summed E-state index contributed by atoms with van der Waals surface area (Å²) in [5, 5.41) is 10.8. The fraction of sp³-hybridized carbons (Fsp3) is 0.0222. The molecule has 2 nitrogen and oxygen atoms in total. The molecule has 48 heavy (non-hydrogen) atoms. The van der Waals surface area contributed by atoms with Crippen molar-refractivity contribution < 1.29 is 0 Å². The third kappa shape index (κ3) is 2.49. The summed E-state index contributed by atoms with van der Waals surface area (Å²) in [5.74, 6) is 0. The van der Waals surface area contributed by atoms with Crippen LogP contribution in [0.5, 0.6) is 0 Å². The zero-order chi connectivity index (χ0) is 31.0.